The molecule has 1 atom stereocenters. The van der Waals surface area contributed by atoms with Crippen LogP contribution in [0, 0.1) is 0 Å². The SMILES string of the molecule is C=CCC1=C(C)C(N(C)C)CC1=O. The third kappa shape index (κ3) is 1.89. The summed E-state index contributed by atoms with van der Waals surface area (Å²) < 4.78 is 0. The molecule has 0 aromatic heterocycles. The van der Waals surface area contributed by atoms with Crippen molar-refractivity contribution in [1.29, 1.82) is 0 Å². The summed E-state index contributed by atoms with van der Waals surface area (Å²) in [5.74, 6) is 0.288. The Bertz CT molecular complexity index is 263. The van der Waals surface area contributed by atoms with E-state index >= 15 is 0 Å². The molecule has 0 bridgehead atoms. The number of carbonyl (C=O) groups excluding carboxylic acids is 1. The molecule has 0 aliphatic heterocycles. The number of hydrogen-bond acceptors (Lipinski definition) is 2. The highest BCUT2D eigenvalue weighted by Gasteiger charge is 2.29. The van der Waals surface area contributed by atoms with E-state index in [0.29, 0.717) is 12.5 Å². The first-order valence-corrected chi connectivity index (χ1v) is 4.58. The molecule has 0 heterocycles. The average Bonchev–Trinajstić information content (AvgIpc) is 2.32. The van der Waals surface area contributed by atoms with Gasteiger partial charge in [-0.05, 0) is 38.6 Å². The van der Waals surface area contributed by atoms with Gasteiger partial charge in [0.25, 0.3) is 0 Å². The number of nitrogens with zero attached hydrogens (tertiary/aromatic N) is 1. The molecule has 0 aromatic rings. The van der Waals surface area contributed by atoms with Gasteiger partial charge in [0.2, 0.25) is 0 Å². The van der Waals surface area contributed by atoms with Gasteiger partial charge in [-0.2, -0.15) is 0 Å². The molecule has 0 N–H and O–H groups in total. The van der Waals surface area contributed by atoms with E-state index in [9.17, 15) is 4.79 Å². The van der Waals surface area contributed by atoms with Crippen molar-refractivity contribution < 1.29 is 4.79 Å². The van der Waals surface area contributed by atoms with Gasteiger partial charge >= 0.3 is 0 Å². The maximum atomic E-state index is 11.6. The molecule has 0 saturated carbocycles. The van der Waals surface area contributed by atoms with Crippen LogP contribution in [0.2, 0.25) is 0 Å². The fourth-order valence-electron chi connectivity index (χ4n) is 1.86. The van der Waals surface area contributed by atoms with Crippen LogP contribution in [0.3, 0.4) is 0 Å². The Morgan fingerprint density at radius 1 is 1.62 bits per heavy atom. The third-order valence-corrected chi connectivity index (χ3v) is 2.66. The molecule has 0 radical (unpaired) electrons. The maximum absolute atomic E-state index is 11.6. The number of rotatable bonds is 3. The van der Waals surface area contributed by atoms with Crippen LogP contribution < -0.4 is 0 Å². The minimum Gasteiger partial charge on any atom is -0.302 e. The van der Waals surface area contributed by atoms with Crippen LogP contribution in [-0.2, 0) is 4.79 Å². The first-order valence-electron chi connectivity index (χ1n) is 4.58. The Hall–Kier alpha value is -0.890. The van der Waals surface area contributed by atoms with Crippen LogP contribution in [-0.4, -0.2) is 30.8 Å². The maximum Gasteiger partial charge on any atom is 0.161 e. The zero-order valence-corrected chi connectivity index (χ0v) is 8.63. The van der Waals surface area contributed by atoms with Crippen LogP contribution in [0.5, 0.6) is 0 Å². The summed E-state index contributed by atoms with van der Waals surface area (Å²) in [5, 5.41) is 0. The van der Waals surface area contributed by atoms with E-state index in [-0.39, 0.29) is 5.78 Å². The fourth-order valence-corrected chi connectivity index (χ4v) is 1.86. The van der Waals surface area contributed by atoms with E-state index in [2.05, 4.69) is 18.4 Å². The minimum atomic E-state index is 0.288. The zero-order chi connectivity index (χ0) is 10.0. The van der Waals surface area contributed by atoms with E-state index in [1.165, 1.54) is 5.57 Å². The van der Waals surface area contributed by atoms with Crippen LogP contribution in [0.15, 0.2) is 23.8 Å². The van der Waals surface area contributed by atoms with Gasteiger partial charge < -0.3 is 4.90 Å². The van der Waals surface area contributed by atoms with Gasteiger partial charge in [0.1, 0.15) is 0 Å². The molecule has 0 aromatic carbocycles. The van der Waals surface area contributed by atoms with Crippen molar-refractivity contribution >= 4 is 5.78 Å². The second-order valence-corrected chi connectivity index (χ2v) is 3.76. The lowest BCUT2D eigenvalue weighted by atomic mass is 10.1. The monoisotopic (exact) mass is 179 g/mol. The molecule has 13 heavy (non-hydrogen) atoms. The third-order valence-electron chi connectivity index (χ3n) is 2.66. The highest BCUT2D eigenvalue weighted by molar-refractivity contribution is 5.99. The Morgan fingerprint density at radius 3 is 2.62 bits per heavy atom. The molecule has 0 saturated heterocycles. The number of Topliss-reactive ketones (excluding diaryl/α,β-unsaturated/α-hetero) is 1. The van der Waals surface area contributed by atoms with Gasteiger partial charge in [0.15, 0.2) is 5.78 Å². The molecule has 0 amide bonds. The van der Waals surface area contributed by atoms with Crippen molar-refractivity contribution in [2.45, 2.75) is 25.8 Å². The summed E-state index contributed by atoms with van der Waals surface area (Å²) in [6.45, 7) is 5.71. The molecular formula is C11H17NO. The van der Waals surface area contributed by atoms with Gasteiger partial charge in [-0.3, -0.25) is 4.79 Å². The van der Waals surface area contributed by atoms with Crippen LogP contribution in [0.4, 0.5) is 0 Å². The zero-order valence-electron chi connectivity index (χ0n) is 8.63. The predicted molar refractivity (Wildman–Crippen MR) is 54.6 cm³/mol. The smallest absolute Gasteiger partial charge is 0.161 e. The largest absolute Gasteiger partial charge is 0.302 e. The second-order valence-electron chi connectivity index (χ2n) is 3.76. The first kappa shape index (κ1) is 10.2. The summed E-state index contributed by atoms with van der Waals surface area (Å²) in [6.07, 6.45) is 3.16. The quantitative estimate of drug-likeness (QED) is 0.615. The standard InChI is InChI=1S/C11H17NO/c1-5-6-9-8(2)10(12(3)4)7-11(9)13/h5,10H,1,6-7H2,2-4H3. The van der Waals surface area contributed by atoms with Crippen molar-refractivity contribution in [3.8, 4) is 0 Å². The van der Waals surface area contributed by atoms with Crippen molar-refractivity contribution in [1.82, 2.24) is 4.90 Å². The molecule has 0 fully saturated rings. The van der Waals surface area contributed by atoms with E-state index < -0.39 is 0 Å². The summed E-state index contributed by atoms with van der Waals surface area (Å²) >= 11 is 0. The summed E-state index contributed by atoms with van der Waals surface area (Å²) in [4.78, 5) is 13.7. The van der Waals surface area contributed by atoms with E-state index in [4.69, 9.17) is 0 Å². The minimum absolute atomic E-state index is 0.288. The molecule has 1 aliphatic carbocycles. The molecule has 72 valence electrons. The van der Waals surface area contributed by atoms with E-state index in [1.807, 2.05) is 14.1 Å². The summed E-state index contributed by atoms with van der Waals surface area (Å²) in [5.41, 5.74) is 2.18. The molecule has 2 nitrogen and oxygen atoms in total. The van der Waals surface area contributed by atoms with Gasteiger partial charge in [-0.15, -0.1) is 6.58 Å². The molecule has 1 rings (SSSR count). The molecule has 1 aliphatic rings. The fraction of sp³-hybridized carbons (Fsp3) is 0.545. The Labute approximate surface area is 79.9 Å². The van der Waals surface area contributed by atoms with Gasteiger partial charge in [0.05, 0.1) is 0 Å². The Morgan fingerprint density at radius 2 is 2.23 bits per heavy atom. The number of carbonyl (C=O) groups is 1. The lowest BCUT2D eigenvalue weighted by Crippen LogP contribution is -2.27. The molecular weight excluding hydrogens is 162 g/mol. The van der Waals surface area contributed by atoms with E-state index in [1.54, 1.807) is 6.08 Å². The van der Waals surface area contributed by atoms with Crippen molar-refractivity contribution in [2.24, 2.45) is 0 Å². The van der Waals surface area contributed by atoms with Gasteiger partial charge in [-0.25, -0.2) is 0 Å². The number of ketones is 1. The lowest BCUT2D eigenvalue weighted by Gasteiger charge is -2.19. The van der Waals surface area contributed by atoms with Crippen LogP contribution in [0.25, 0.3) is 0 Å². The number of likely N-dealkylation sites (N-methyl/N-ethyl adjacent to an activating group) is 1. The molecule has 0 spiro atoms. The summed E-state index contributed by atoms with van der Waals surface area (Å²) in [6, 6.07) is 0.308. The lowest BCUT2D eigenvalue weighted by molar-refractivity contribution is -0.115. The first-order chi connectivity index (χ1) is 6.07. The van der Waals surface area contributed by atoms with Gasteiger partial charge in [-0.1, -0.05) is 6.08 Å². The van der Waals surface area contributed by atoms with Crippen molar-refractivity contribution in [3.05, 3.63) is 23.8 Å². The topological polar surface area (TPSA) is 20.3 Å². The van der Waals surface area contributed by atoms with Crippen molar-refractivity contribution in [3.63, 3.8) is 0 Å². The van der Waals surface area contributed by atoms with Crippen molar-refractivity contribution in [2.75, 3.05) is 14.1 Å². The van der Waals surface area contributed by atoms with E-state index in [0.717, 1.165) is 12.0 Å². The highest BCUT2D eigenvalue weighted by atomic mass is 16.1. The molecule has 2 heteroatoms. The highest BCUT2D eigenvalue weighted by Crippen LogP contribution is 2.28. The number of allylic oxidation sites excluding steroid dienone is 2. The molecule has 1 unspecified atom stereocenters. The normalized spacial score (nSPS) is 23.1. The average molecular weight is 179 g/mol. The van der Waals surface area contributed by atoms with Crippen LogP contribution in [0.1, 0.15) is 19.8 Å². The Kier molecular flexibility index (Phi) is 3.04. The van der Waals surface area contributed by atoms with Gasteiger partial charge in [0, 0.05) is 12.5 Å². The second kappa shape index (κ2) is 3.88. The van der Waals surface area contributed by atoms with Crippen LogP contribution >= 0.6 is 0 Å². The number of hydrogen-bond donors (Lipinski definition) is 0. The predicted octanol–water partition coefficient (Wildman–Crippen LogP) is 1.78. The Balaban J connectivity index is 2.89. The summed E-state index contributed by atoms with van der Waals surface area (Å²) in [7, 11) is 4.02.